The van der Waals surface area contributed by atoms with Crippen LogP contribution in [0.3, 0.4) is 0 Å². The van der Waals surface area contributed by atoms with Crippen molar-refractivity contribution in [2.75, 3.05) is 47.5 Å². The molecule has 232 valence electrons. The molecule has 10 heteroatoms. The standard InChI is InChI=1S/C32H46FN3O5S/c1-35(2)32(26-11-13-27(33)14-12-26)25-9-7-24(8-10-25)22-34-31(37)23-41-21-19-28-6-4-5-20-36(28)42(38,39)30-17-15-29(40-3)16-18-30/h11-18,24-25,28,32H,4-10,19-23H2,1-3H3,(H,34,37). The van der Waals surface area contributed by atoms with Crippen molar-refractivity contribution < 1.29 is 27.1 Å². The molecule has 1 saturated carbocycles. The summed E-state index contributed by atoms with van der Waals surface area (Å²) in [7, 11) is 2.08. The summed E-state index contributed by atoms with van der Waals surface area (Å²) in [6.45, 7) is 1.42. The molecule has 0 bridgehead atoms. The minimum absolute atomic E-state index is 0.0272. The van der Waals surface area contributed by atoms with Crippen LogP contribution < -0.4 is 10.1 Å². The number of hydrogen-bond donors (Lipinski definition) is 1. The fraction of sp³-hybridized carbons (Fsp3) is 0.594. The summed E-state index contributed by atoms with van der Waals surface area (Å²) in [5.74, 6) is 1.19. The smallest absolute Gasteiger partial charge is 0.246 e. The molecule has 2 aromatic rings. The third-order valence-corrected chi connectivity index (χ3v) is 10.7. The lowest BCUT2D eigenvalue weighted by Gasteiger charge is -2.37. The molecule has 4 rings (SSSR count). The van der Waals surface area contributed by atoms with E-state index in [9.17, 15) is 17.6 Å². The van der Waals surface area contributed by atoms with E-state index in [1.807, 2.05) is 12.1 Å². The Morgan fingerprint density at radius 2 is 1.71 bits per heavy atom. The topological polar surface area (TPSA) is 88.2 Å². The molecule has 0 spiro atoms. The van der Waals surface area contributed by atoms with Crippen molar-refractivity contribution in [2.45, 2.75) is 68.3 Å². The number of carbonyl (C=O) groups excluding carboxylic acids is 1. The summed E-state index contributed by atoms with van der Waals surface area (Å²) in [6.07, 6.45) is 7.34. The second kappa shape index (κ2) is 15.3. The van der Waals surface area contributed by atoms with Gasteiger partial charge in [0.15, 0.2) is 0 Å². The van der Waals surface area contributed by atoms with Crippen molar-refractivity contribution in [3.63, 3.8) is 0 Å². The number of ether oxygens (including phenoxy) is 2. The van der Waals surface area contributed by atoms with Gasteiger partial charge in [0.2, 0.25) is 15.9 Å². The highest BCUT2D eigenvalue weighted by Gasteiger charge is 2.33. The zero-order valence-corrected chi connectivity index (χ0v) is 26.0. The van der Waals surface area contributed by atoms with E-state index in [0.717, 1.165) is 50.5 Å². The summed E-state index contributed by atoms with van der Waals surface area (Å²) < 4.78 is 52.5. The van der Waals surface area contributed by atoms with E-state index in [1.54, 1.807) is 35.7 Å². The average molecular weight is 604 g/mol. The summed E-state index contributed by atoms with van der Waals surface area (Å²) in [6, 6.07) is 13.4. The number of nitrogens with zero attached hydrogens (tertiary/aromatic N) is 2. The van der Waals surface area contributed by atoms with E-state index in [2.05, 4.69) is 24.3 Å². The second-order valence-electron chi connectivity index (χ2n) is 11.8. The van der Waals surface area contributed by atoms with Gasteiger partial charge in [-0.1, -0.05) is 18.6 Å². The number of hydrogen-bond acceptors (Lipinski definition) is 6. The van der Waals surface area contributed by atoms with E-state index >= 15 is 0 Å². The Kier molecular flexibility index (Phi) is 11.8. The summed E-state index contributed by atoms with van der Waals surface area (Å²) in [4.78, 5) is 15.0. The molecule has 1 amide bonds. The number of piperidine rings is 1. The highest BCUT2D eigenvalue weighted by atomic mass is 32.2. The molecule has 0 aromatic heterocycles. The first-order valence-corrected chi connectivity index (χ1v) is 16.5. The highest BCUT2D eigenvalue weighted by Crippen LogP contribution is 2.39. The van der Waals surface area contributed by atoms with E-state index in [4.69, 9.17) is 9.47 Å². The molecule has 0 radical (unpaired) electrons. The average Bonchev–Trinajstić information content (AvgIpc) is 3.00. The van der Waals surface area contributed by atoms with Crippen molar-refractivity contribution in [3.05, 3.63) is 59.9 Å². The van der Waals surface area contributed by atoms with Crippen molar-refractivity contribution in [3.8, 4) is 5.75 Å². The van der Waals surface area contributed by atoms with Gasteiger partial charge in [-0.3, -0.25) is 4.79 Å². The van der Waals surface area contributed by atoms with Crippen molar-refractivity contribution in [1.29, 1.82) is 0 Å². The summed E-state index contributed by atoms with van der Waals surface area (Å²) in [5, 5.41) is 3.03. The number of halogens is 1. The Bertz CT molecular complexity index is 1230. The zero-order chi connectivity index (χ0) is 30.1. The van der Waals surface area contributed by atoms with Crippen LogP contribution in [0.5, 0.6) is 5.75 Å². The molecule has 2 atom stereocenters. The number of amides is 1. The fourth-order valence-corrected chi connectivity index (χ4v) is 8.24. The van der Waals surface area contributed by atoms with Crippen molar-refractivity contribution >= 4 is 15.9 Å². The third kappa shape index (κ3) is 8.52. The van der Waals surface area contributed by atoms with Crippen LogP contribution in [0.15, 0.2) is 53.4 Å². The summed E-state index contributed by atoms with van der Waals surface area (Å²) in [5.41, 5.74) is 1.14. The number of carbonyl (C=O) groups is 1. The van der Waals surface area contributed by atoms with E-state index < -0.39 is 10.0 Å². The normalized spacial score (nSPS) is 22.5. The van der Waals surface area contributed by atoms with Crippen LogP contribution in [0.4, 0.5) is 4.39 Å². The molecule has 1 N–H and O–H groups in total. The predicted molar refractivity (Wildman–Crippen MR) is 161 cm³/mol. The first-order chi connectivity index (χ1) is 20.2. The fourth-order valence-electron chi connectivity index (χ4n) is 6.52. The van der Waals surface area contributed by atoms with Crippen LogP contribution in [0.1, 0.15) is 63.0 Å². The van der Waals surface area contributed by atoms with Gasteiger partial charge in [-0.05, 0) is 113 Å². The molecule has 8 nitrogen and oxygen atoms in total. The van der Waals surface area contributed by atoms with Crippen LogP contribution in [0, 0.1) is 17.7 Å². The number of nitrogens with one attached hydrogen (secondary N) is 1. The van der Waals surface area contributed by atoms with Gasteiger partial charge in [-0.2, -0.15) is 4.31 Å². The van der Waals surface area contributed by atoms with Gasteiger partial charge in [0, 0.05) is 31.8 Å². The molecular weight excluding hydrogens is 557 g/mol. The largest absolute Gasteiger partial charge is 0.497 e. The minimum atomic E-state index is -3.62. The van der Waals surface area contributed by atoms with Crippen LogP contribution in [-0.2, 0) is 19.6 Å². The first kappa shape index (κ1) is 32.4. The maximum absolute atomic E-state index is 13.4. The van der Waals surface area contributed by atoms with Crippen molar-refractivity contribution in [1.82, 2.24) is 14.5 Å². The van der Waals surface area contributed by atoms with Gasteiger partial charge in [0.05, 0.1) is 12.0 Å². The van der Waals surface area contributed by atoms with E-state index in [-0.39, 0.29) is 35.3 Å². The Balaban J connectivity index is 1.17. The molecular formula is C32H46FN3O5S. The SMILES string of the molecule is COc1ccc(S(=O)(=O)N2CCCCC2CCOCC(=O)NCC2CCC(C(c3ccc(F)cc3)N(C)C)CC2)cc1. The van der Waals surface area contributed by atoms with E-state index in [0.29, 0.717) is 43.7 Å². The lowest BCUT2D eigenvalue weighted by atomic mass is 9.76. The molecule has 1 aliphatic carbocycles. The van der Waals surface area contributed by atoms with Gasteiger partial charge < -0.3 is 19.7 Å². The number of rotatable bonds is 13. The van der Waals surface area contributed by atoms with Gasteiger partial charge in [-0.25, -0.2) is 12.8 Å². The number of benzene rings is 2. The molecule has 2 aliphatic rings. The van der Waals surface area contributed by atoms with Crippen LogP contribution in [0.25, 0.3) is 0 Å². The maximum Gasteiger partial charge on any atom is 0.246 e. The number of methoxy groups -OCH3 is 1. The molecule has 42 heavy (non-hydrogen) atoms. The second-order valence-corrected chi connectivity index (χ2v) is 13.7. The molecule has 1 saturated heterocycles. The van der Waals surface area contributed by atoms with Crippen LogP contribution >= 0.6 is 0 Å². The Morgan fingerprint density at radius 1 is 1.02 bits per heavy atom. The van der Waals surface area contributed by atoms with Crippen molar-refractivity contribution in [2.24, 2.45) is 11.8 Å². The summed E-state index contributed by atoms with van der Waals surface area (Å²) >= 11 is 0. The van der Waals surface area contributed by atoms with Gasteiger partial charge in [-0.15, -0.1) is 0 Å². The monoisotopic (exact) mass is 603 g/mol. The Labute approximate surface area is 250 Å². The zero-order valence-electron chi connectivity index (χ0n) is 25.1. The van der Waals surface area contributed by atoms with E-state index in [1.165, 1.54) is 12.1 Å². The Morgan fingerprint density at radius 3 is 2.36 bits per heavy atom. The lowest BCUT2D eigenvalue weighted by Crippen LogP contribution is -2.44. The maximum atomic E-state index is 13.4. The van der Waals surface area contributed by atoms with Crippen LogP contribution in [0.2, 0.25) is 0 Å². The molecule has 1 heterocycles. The molecule has 2 fully saturated rings. The van der Waals surface area contributed by atoms with Gasteiger partial charge >= 0.3 is 0 Å². The predicted octanol–water partition coefficient (Wildman–Crippen LogP) is 5.01. The molecule has 2 aromatic carbocycles. The number of sulfonamides is 1. The third-order valence-electron chi connectivity index (χ3n) is 8.76. The molecule has 1 aliphatic heterocycles. The lowest BCUT2D eigenvalue weighted by molar-refractivity contribution is -0.126. The first-order valence-electron chi connectivity index (χ1n) is 15.1. The van der Waals surface area contributed by atoms with Gasteiger partial charge in [0.1, 0.15) is 18.2 Å². The Hall–Kier alpha value is -2.53. The van der Waals surface area contributed by atoms with Crippen LogP contribution in [-0.4, -0.2) is 77.1 Å². The van der Waals surface area contributed by atoms with Gasteiger partial charge in [0.25, 0.3) is 0 Å². The highest BCUT2D eigenvalue weighted by molar-refractivity contribution is 7.89. The molecule has 2 unspecified atom stereocenters. The quantitative estimate of drug-likeness (QED) is 0.324. The minimum Gasteiger partial charge on any atom is -0.497 e.